The van der Waals surface area contributed by atoms with Crippen molar-refractivity contribution in [2.24, 2.45) is 0 Å². The molecule has 1 aliphatic heterocycles. The zero-order valence-corrected chi connectivity index (χ0v) is 19.5. The SMILES string of the molecule is COc1cccc(C2/C(=C(\O)c3ccc(Br)cc3)C(=O)C(=O)N2CCN(C)C)c1OC. The molecule has 1 fully saturated rings. The maximum atomic E-state index is 13.1. The monoisotopic (exact) mass is 488 g/mol. The van der Waals surface area contributed by atoms with Crippen molar-refractivity contribution in [1.82, 2.24) is 9.80 Å². The van der Waals surface area contributed by atoms with E-state index in [0.29, 0.717) is 35.7 Å². The van der Waals surface area contributed by atoms with Crippen LogP contribution in [0.4, 0.5) is 0 Å². The Kier molecular flexibility index (Phi) is 7.02. The summed E-state index contributed by atoms with van der Waals surface area (Å²) in [6, 6.07) is 11.4. The predicted octanol–water partition coefficient (Wildman–Crippen LogP) is 3.45. The first kappa shape index (κ1) is 22.8. The van der Waals surface area contributed by atoms with Crippen LogP contribution < -0.4 is 9.47 Å². The van der Waals surface area contributed by atoms with E-state index in [1.165, 1.54) is 19.1 Å². The number of methoxy groups -OCH3 is 2. The molecule has 1 atom stereocenters. The average molecular weight is 489 g/mol. The highest BCUT2D eigenvalue weighted by Crippen LogP contribution is 2.45. The van der Waals surface area contributed by atoms with E-state index in [2.05, 4.69) is 15.9 Å². The lowest BCUT2D eigenvalue weighted by Gasteiger charge is -2.28. The number of hydrogen-bond donors (Lipinski definition) is 1. The Bertz CT molecular complexity index is 1020. The lowest BCUT2D eigenvalue weighted by Crippen LogP contribution is -2.35. The van der Waals surface area contributed by atoms with Crippen molar-refractivity contribution in [1.29, 1.82) is 0 Å². The van der Waals surface area contributed by atoms with Crippen LogP contribution in [0.2, 0.25) is 0 Å². The quantitative estimate of drug-likeness (QED) is 0.365. The highest BCUT2D eigenvalue weighted by atomic mass is 79.9. The summed E-state index contributed by atoms with van der Waals surface area (Å²) in [6.45, 7) is 0.855. The number of carbonyl (C=O) groups is 2. The van der Waals surface area contributed by atoms with E-state index in [1.807, 2.05) is 19.0 Å². The molecule has 0 saturated carbocycles. The fraction of sp³-hybridized carbons (Fsp3) is 0.304. The van der Waals surface area contributed by atoms with Gasteiger partial charge in [-0.1, -0.05) is 40.2 Å². The maximum absolute atomic E-state index is 13.1. The lowest BCUT2D eigenvalue weighted by atomic mass is 9.94. The second-order valence-electron chi connectivity index (χ2n) is 7.39. The summed E-state index contributed by atoms with van der Waals surface area (Å²) in [5, 5.41) is 11.1. The number of benzene rings is 2. The number of aliphatic hydroxyl groups is 1. The molecule has 31 heavy (non-hydrogen) atoms. The number of nitrogens with zero attached hydrogens (tertiary/aromatic N) is 2. The van der Waals surface area contributed by atoms with Gasteiger partial charge < -0.3 is 24.4 Å². The third-order valence-electron chi connectivity index (χ3n) is 5.17. The van der Waals surface area contributed by atoms with Crippen molar-refractivity contribution < 1.29 is 24.2 Å². The van der Waals surface area contributed by atoms with Crippen molar-refractivity contribution in [2.45, 2.75) is 6.04 Å². The molecule has 0 aliphatic carbocycles. The van der Waals surface area contributed by atoms with E-state index in [0.717, 1.165) is 4.47 Å². The standard InChI is InChI=1S/C23H25BrN2O5/c1-25(2)12-13-26-19(16-6-5-7-17(30-3)22(16)31-4)18(21(28)23(26)29)20(27)14-8-10-15(24)11-9-14/h5-11,19,27H,12-13H2,1-4H3/b20-18+. The fourth-order valence-electron chi connectivity index (χ4n) is 3.63. The van der Waals surface area contributed by atoms with Crippen LogP contribution in [0.15, 0.2) is 52.5 Å². The number of para-hydroxylation sites is 1. The van der Waals surface area contributed by atoms with Crippen molar-refractivity contribution in [3.05, 3.63) is 63.6 Å². The van der Waals surface area contributed by atoms with E-state index < -0.39 is 17.7 Å². The average Bonchev–Trinajstić information content (AvgIpc) is 3.01. The van der Waals surface area contributed by atoms with E-state index in [1.54, 1.807) is 42.5 Å². The Labute approximate surface area is 190 Å². The van der Waals surface area contributed by atoms with Gasteiger partial charge in [-0.15, -0.1) is 0 Å². The largest absolute Gasteiger partial charge is 0.507 e. The van der Waals surface area contributed by atoms with Crippen LogP contribution in [0.3, 0.4) is 0 Å². The minimum Gasteiger partial charge on any atom is -0.507 e. The third kappa shape index (κ3) is 4.45. The molecule has 0 aromatic heterocycles. The number of likely N-dealkylation sites (N-methyl/N-ethyl adjacent to an activating group) is 1. The summed E-state index contributed by atoms with van der Waals surface area (Å²) in [6.07, 6.45) is 0. The lowest BCUT2D eigenvalue weighted by molar-refractivity contribution is -0.140. The summed E-state index contributed by atoms with van der Waals surface area (Å²) in [4.78, 5) is 29.5. The molecule has 8 heteroatoms. The summed E-state index contributed by atoms with van der Waals surface area (Å²) in [5.74, 6) is -0.729. The number of halogens is 1. The number of rotatable bonds is 7. The van der Waals surface area contributed by atoms with Crippen molar-refractivity contribution in [3.63, 3.8) is 0 Å². The topological polar surface area (TPSA) is 79.3 Å². The number of carbonyl (C=O) groups excluding carboxylic acids is 2. The highest BCUT2D eigenvalue weighted by Gasteiger charge is 2.47. The highest BCUT2D eigenvalue weighted by molar-refractivity contribution is 9.10. The molecule has 3 rings (SSSR count). The molecule has 1 unspecified atom stereocenters. The van der Waals surface area contributed by atoms with Crippen LogP contribution in [0.1, 0.15) is 17.2 Å². The molecule has 1 N–H and O–H groups in total. The second-order valence-corrected chi connectivity index (χ2v) is 8.30. The Hall–Kier alpha value is -2.84. The molecule has 1 aliphatic rings. The summed E-state index contributed by atoms with van der Waals surface area (Å²) >= 11 is 3.36. The van der Waals surface area contributed by atoms with Crippen LogP contribution in [-0.2, 0) is 9.59 Å². The first-order valence-electron chi connectivity index (χ1n) is 9.70. The van der Waals surface area contributed by atoms with E-state index in [-0.39, 0.29) is 11.3 Å². The maximum Gasteiger partial charge on any atom is 0.295 e. The molecule has 7 nitrogen and oxygen atoms in total. The van der Waals surface area contributed by atoms with Gasteiger partial charge in [-0.3, -0.25) is 9.59 Å². The Morgan fingerprint density at radius 3 is 2.35 bits per heavy atom. The number of ether oxygens (including phenoxy) is 2. The molecule has 0 bridgehead atoms. The molecule has 1 amide bonds. The van der Waals surface area contributed by atoms with Crippen LogP contribution in [0.25, 0.3) is 5.76 Å². The number of amides is 1. The van der Waals surface area contributed by atoms with Gasteiger partial charge in [0.1, 0.15) is 5.76 Å². The second kappa shape index (κ2) is 9.53. The van der Waals surface area contributed by atoms with Gasteiger partial charge in [0.2, 0.25) is 0 Å². The molecule has 2 aromatic carbocycles. The summed E-state index contributed by atoms with van der Waals surface area (Å²) < 4.78 is 11.8. The van der Waals surface area contributed by atoms with Crippen molar-refractivity contribution in [3.8, 4) is 11.5 Å². The number of aliphatic hydroxyl groups excluding tert-OH is 1. The molecule has 0 radical (unpaired) electrons. The number of likely N-dealkylation sites (tertiary alicyclic amines) is 1. The zero-order chi connectivity index (χ0) is 22.7. The Morgan fingerprint density at radius 2 is 1.77 bits per heavy atom. The van der Waals surface area contributed by atoms with Gasteiger partial charge in [-0.05, 0) is 32.3 Å². The van der Waals surface area contributed by atoms with Gasteiger partial charge in [-0.2, -0.15) is 0 Å². The smallest absolute Gasteiger partial charge is 0.295 e. The van der Waals surface area contributed by atoms with Gasteiger partial charge in [0.15, 0.2) is 11.5 Å². The van der Waals surface area contributed by atoms with Crippen molar-refractivity contribution in [2.75, 3.05) is 41.4 Å². The Morgan fingerprint density at radius 1 is 1.10 bits per heavy atom. The minimum atomic E-state index is -0.811. The van der Waals surface area contributed by atoms with Gasteiger partial charge in [0.25, 0.3) is 11.7 Å². The van der Waals surface area contributed by atoms with Crippen LogP contribution in [0, 0.1) is 0 Å². The number of Topliss-reactive ketones (excluding diaryl/α,β-unsaturated/α-hetero) is 1. The van der Waals surface area contributed by atoms with Crippen LogP contribution in [0.5, 0.6) is 11.5 Å². The van der Waals surface area contributed by atoms with Gasteiger partial charge in [0.05, 0.1) is 25.8 Å². The van der Waals surface area contributed by atoms with E-state index in [9.17, 15) is 14.7 Å². The molecule has 1 saturated heterocycles. The fourth-order valence-corrected chi connectivity index (χ4v) is 3.90. The van der Waals surface area contributed by atoms with Gasteiger partial charge >= 0.3 is 0 Å². The normalized spacial score (nSPS) is 18.0. The first-order valence-corrected chi connectivity index (χ1v) is 10.5. The zero-order valence-electron chi connectivity index (χ0n) is 17.9. The molecule has 1 heterocycles. The van der Waals surface area contributed by atoms with Crippen molar-refractivity contribution >= 4 is 33.4 Å². The van der Waals surface area contributed by atoms with Crippen LogP contribution in [-0.4, -0.2) is 68.0 Å². The van der Waals surface area contributed by atoms with Crippen LogP contribution >= 0.6 is 15.9 Å². The third-order valence-corrected chi connectivity index (χ3v) is 5.70. The van der Waals surface area contributed by atoms with Gasteiger partial charge in [0, 0.05) is 28.7 Å². The molecule has 164 valence electrons. The summed E-state index contributed by atoms with van der Waals surface area (Å²) in [7, 11) is 6.80. The number of hydrogen-bond acceptors (Lipinski definition) is 6. The van der Waals surface area contributed by atoms with E-state index in [4.69, 9.17) is 9.47 Å². The molecular weight excluding hydrogens is 464 g/mol. The summed E-state index contributed by atoms with van der Waals surface area (Å²) in [5.41, 5.74) is 1.04. The molecule has 0 spiro atoms. The first-order chi connectivity index (χ1) is 14.8. The molecule has 2 aromatic rings. The number of ketones is 1. The minimum absolute atomic E-state index is 0.0256. The van der Waals surface area contributed by atoms with Gasteiger partial charge in [-0.25, -0.2) is 0 Å². The van der Waals surface area contributed by atoms with E-state index >= 15 is 0 Å². The predicted molar refractivity (Wildman–Crippen MR) is 121 cm³/mol. The Balaban J connectivity index is 2.23. The molecular formula is C23H25BrN2O5.